The number of nitrogens with one attached hydrogen (secondary N) is 2. The molecule has 1 amide bonds. The minimum Gasteiger partial charge on any atom is -0.494 e. The smallest absolute Gasteiger partial charge is 0.273 e. The summed E-state index contributed by atoms with van der Waals surface area (Å²) in [5, 5.41) is 14.1. The maximum atomic E-state index is 12.8. The predicted molar refractivity (Wildman–Crippen MR) is 90.0 cm³/mol. The molecule has 0 aliphatic carbocycles. The molecular weight excluding hydrogens is 325 g/mol. The summed E-state index contributed by atoms with van der Waals surface area (Å²) >= 11 is 0. The monoisotopic (exact) mass is 347 g/mol. The van der Waals surface area contributed by atoms with Crippen LogP contribution in [0.1, 0.15) is 35.8 Å². The Hall–Kier alpha value is -2.48. The van der Waals surface area contributed by atoms with E-state index in [0.717, 1.165) is 25.9 Å². The zero-order valence-corrected chi connectivity index (χ0v) is 13.9. The highest BCUT2D eigenvalue weighted by Crippen LogP contribution is 2.17. The quantitative estimate of drug-likeness (QED) is 0.743. The van der Waals surface area contributed by atoms with Crippen molar-refractivity contribution in [3.8, 4) is 5.75 Å². The van der Waals surface area contributed by atoms with Crippen molar-refractivity contribution in [3.63, 3.8) is 0 Å². The largest absolute Gasteiger partial charge is 0.494 e. The summed E-state index contributed by atoms with van der Waals surface area (Å²) in [4.78, 5) is 12.1. The molecular formula is C17H22FN5O2. The topological polar surface area (TPSA) is 81.1 Å². The number of piperidine rings is 1. The fourth-order valence-corrected chi connectivity index (χ4v) is 2.72. The Balaban J connectivity index is 1.37. The lowest BCUT2D eigenvalue weighted by molar-refractivity contribution is 0.0946. The average Bonchev–Trinajstić information content (AvgIpc) is 3.14. The number of amides is 1. The summed E-state index contributed by atoms with van der Waals surface area (Å²) in [6, 6.07) is 6.16. The van der Waals surface area contributed by atoms with Gasteiger partial charge in [0.1, 0.15) is 11.6 Å². The number of ether oxygens (including phenoxy) is 1. The third kappa shape index (κ3) is 4.99. The van der Waals surface area contributed by atoms with E-state index in [0.29, 0.717) is 37.1 Å². The van der Waals surface area contributed by atoms with Crippen LogP contribution in [0.5, 0.6) is 5.75 Å². The number of hydrogen-bond donors (Lipinski definition) is 2. The molecule has 0 spiro atoms. The van der Waals surface area contributed by atoms with Gasteiger partial charge in [0.2, 0.25) is 0 Å². The first-order chi connectivity index (χ1) is 12.2. The van der Waals surface area contributed by atoms with Crippen molar-refractivity contribution in [2.75, 3.05) is 26.2 Å². The van der Waals surface area contributed by atoms with Crippen LogP contribution in [0, 0.1) is 5.82 Å². The predicted octanol–water partition coefficient (Wildman–Crippen LogP) is 1.54. The molecule has 8 heteroatoms. The molecule has 0 radical (unpaired) electrons. The molecule has 2 N–H and O–H groups in total. The van der Waals surface area contributed by atoms with Gasteiger partial charge in [0.15, 0.2) is 5.69 Å². The van der Waals surface area contributed by atoms with Crippen LogP contribution >= 0.6 is 0 Å². The zero-order valence-electron chi connectivity index (χ0n) is 13.9. The van der Waals surface area contributed by atoms with Crippen LogP contribution in [-0.4, -0.2) is 47.1 Å². The highest BCUT2D eigenvalue weighted by atomic mass is 19.1. The van der Waals surface area contributed by atoms with Crippen molar-refractivity contribution in [2.45, 2.75) is 25.3 Å². The lowest BCUT2D eigenvalue weighted by Crippen LogP contribution is -2.29. The molecule has 1 aromatic heterocycles. The standard InChI is InChI=1S/C17H22FN5O2/c18-13-2-4-15(5-3-13)25-11-1-8-20-17(24)16-12-23(22-21-16)14-6-9-19-10-7-14/h2-5,12,14,19H,1,6-11H2,(H,20,24). The number of hydrogen-bond acceptors (Lipinski definition) is 5. The molecule has 2 heterocycles. The minimum absolute atomic E-state index is 0.234. The summed E-state index contributed by atoms with van der Waals surface area (Å²) in [5.41, 5.74) is 0.331. The third-order valence-corrected chi connectivity index (χ3v) is 4.11. The van der Waals surface area contributed by atoms with Gasteiger partial charge in [0, 0.05) is 6.54 Å². The van der Waals surface area contributed by atoms with Gasteiger partial charge in [-0.15, -0.1) is 5.10 Å². The van der Waals surface area contributed by atoms with Crippen LogP contribution in [0.2, 0.25) is 0 Å². The second-order valence-corrected chi connectivity index (χ2v) is 5.98. The van der Waals surface area contributed by atoms with Crippen molar-refractivity contribution in [3.05, 3.63) is 42.0 Å². The Morgan fingerprint density at radius 1 is 1.32 bits per heavy atom. The van der Waals surface area contributed by atoms with E-state index in [1.807, 2.05) is 0 Å². The van der Waals surface area contributed by atoms with Gasteiger partial charge in [-0.05, 0) is 56.6 Å². The molecule has 1 aliphatic heterocycles. The van der Waals surface area contributed by atoms with E-state index in [9.17, 15) is 9.18 Å². The van der Waals surface area contributed by atoms with Gasteiger partial charge in [-0.25, -0.2) is 9.07 Å². The van der Waals surface area contributed by atoms with Crippen molar-refractivity contribution in [2.24, 2.45) is 0 Å². The number of halogens is 1. The molecule has 0 unspecified atom stereocenters. The molecule has 0 bridgehead atoms. The van der Waals surface area contributed by atoms with Gasteiger partial charge < -0.3 is 15.4 Å². The SMILES string of the molecule is O=C(NCCCOc1ccc(F)cc1)c1cn(C2CCNCC2)nn1. The molecule has 1 fully saturated rings. The van der Waals surface area contributed by atoms with Crippen LogP contribution in [0.3, 0.4) is 0 Å². The van der Waals surface area contributed by atoms with Crippen molar-refractivity contribution in [1.82, 2.24) is 25.6 Å². The Labute approximate surface area is 145 Å². The van der Waals surface area contributed by atoms with E-state index in [-0.39, 0.29) is 11.7 Å². The van der Waals surface area contributed by atoms with Gasteiger partial charge >= 0.3 is 0 Å². The maximum absolute atomic E-state index is 12.8. The summed E-state index contributed by atoms with van der Waals surface area (Å²) in [6.07, 6.45) is 4.34. The minimum atomic E-state index is -0.294. The molecule has 25 heavy (non-hydrogen) atoms. The van der Waals surface area contributed by atoms with Gasteiger partial charge in [0.05, 0.1) is 18.8 Å². The molecule has 7 nitrogen and oxygen atoms in total. The van der Waals surface area contributed by atoms with Gasteiger partial charge in [-0.3, -0.25) is 4.79 Å². The molecule has 134 valence electrons. The van der Waals surface area contributed by atoms with E-state index in [4.69, 9.17) is 4.74 Å². The van der Waals surface area contributed by atoms with E-state index in [2.05, 4.69) is 20.9 Å². The first kappa shape index (κ1) is 17.3. The number of rotatable bonds is 7. The molecule has 1 saturated heterocycles. The van der Waals surface area contributed by atoms with Gasteiger partial charge in [0.25, 0.3) is 5.91 Å². The summed E-state index contributed by atoms with van der Waals surface area (Å²) < 4.78 is 20.0. The second kappa shape index (κ2) is 8.57. The van der Waals surface area contributed by atoms with E-state index < -0.39 is 0 Å². The lowest BCUT2D eigenvalue weighted by atomic mass is 10.1. The van der Waals surface area contributed by atoms with Gasteiger partial charge in [-0.1, -0.05) is 5.21 Å². The fraction of sp³-hybridized carbons (Fsp3) is 0.471. The number of carbonyl (C=O) groups excluding carboxylic acids is 1. The molecule has 0 saturated carbocycles. The average molecular weight is 347 g/mol. The number of nitrogens with zero attached hydrogens (tertiary/aromatic N) is 3. The highest BCUT2D eigenvalue weighted by molar-refractivity contribution is 5.91. The third-order valence-electron chi connectivity index (χ3n) is 4.11. The molecule has 2 aromatic rings. The summed E-state index contributed by atoms with van der Waals surface area (Å²) in [6.45, 7) is 2.83. The zero-order chi connectivity index (χ0) is 17.5. The van der Waals surface area contributed by atoms with E-state index in [1.165, 1.54) is 12.1 Å². The maximum Gasteiger partial charge on any atom is 0.273 e. The van der Waals surface area contributed by atoms with Crippen molar-refractivity contribution in [1.29, 1.82) is 0 Å². The Kier molecular flexibility index (Phi) is 5.95. The summed E-state index contributed by atoms with van der Waals surface area (Å²) in [7, 11) is 0. The van der Waals surface area contributed by atoms with E-state index >= 15 is 0 Å². The van der Waals surface area contributed by atoms with Crippen molar-refractivity contribution >= 4 is 5.91 Å². The lowest BCUT2D eigenvalue weighted by Gasteiger charge is -2.22. The van der Waals surface area contributed by atoms with E-state index in [1.54, 1.807) is 23.0 Å². The van der Waals surface area contributed by atoms with Crippen LogP contribution in [-0.2, 0) is 0 Å². The number of carbonyl (C=O) groups is 1. The van der Waals surface area contributed by atoms with Crippen LogP contribution in [0.15, 0.2) is 30.5 Å². The highest BCUT2D eigenvalue weighted by Gasteiger charge is 2.18. The van der Waals surface area contributed by atoms with Crippen LogP contribution in [0.25, 0.3) is 0 Å². The Morgan fingerprint density at radius 3 is 2.84 bits per heavy atom. The Bertz CT molecular complexity index is 683. The molecule has 1 aliphatic rings. The van der Waals surface area contributed by atoms with Crippen LogP contribution < -0.4 is 15.4 Å². The normalized spacial score (nSPS) is 15.1. The number of benzene rings is 1. The molecule has 3 rings (SSSR count). The summed E-state index contributed by atoms with van der Waals surface area (Å²) in [5.74, 6) is 0.0803. The Morgan fingerprint density at radius 2 is 2.08 bits per heavy atom. The molecule has 0 atom stereocenters. The van der Waals surface area contributed by atoms with Crippen molar-refractivity contribution < 1.29 is 13.9 Å². The fourth-order valence-electron chi connectivity index (χ4n) is 2.72. The first-order valence-corrected chi connectivity index (χ1v) is 8.51. The molecule has 1 aromatic carbocycles. The number of aromatic nitrogens is 3. The van der Waals surface area contributed by atoms with Crippen LogP contribution in [0.4, 0.5) is 4.39 Å². The second-order valence-electron chi connectivity index (χ2n) is 5.98. The first-order valence-electron chi connectivity index (χ1n) is 8.51. The van der Waals surface area contributed by atoms with Gasteiger partial charge in [-0.2, -0.15) is 0 Å².